The molecule has 0 saturated heterocycles. The number of nitriles is 1. The number of fused-ring (bicyclic) bond motifs is 1. The number of benzene rings is 2. The van der Waals surface area contributed by atoms with Gasteiger partial charge in [-0.25, -0.2) is 0 Å². The molecule has 0 aliphatic rings. The molecular weight excluding hydrogens is 284 g/mol. The van der Waals surface area contributed by atoms with Gasteiger partial charge < -0.3 is 4.57 Å². The van der Waals surface area contributed by atoms with Crippen molar-refractivity contribution in [2.45, 2.75) is 6.92 Å². The first-order valence-electron chi connectivity index (χ1n) is 7.38. The first-order valence-corrected chi connectivity index (χ1v) is 7.38. The van der Waals surface area contributed by atoms with Gasteiger partial charge in [-0.15, -0.1) is 0 Å². The lowest BCUT2D eigenvalue weighted by Gasteiger charge is -2.00. The molecule has 0 aliphatic carbocycles. The molecule has 0 N–H and O–H groups in total. The quantitative estimate of drug-likeness (QED) is 0.536. The van der Waals surface area contributed by atoms with E-state index >= 15 is 0 Å². The molecular formula is C20H16N2O. The van der Waals surface area contributed by atoms with Crippen molar-refractivity contribution in [3.8, 4) is 6.07 Å². The average molecular weight is 300 g/mol. The lowest BCUT2D eigenvalue weighted by molar-refractivity contribution is 0.104. The summed E-state index contributed by atoms with van der Waals surface area (Å²) >= 11 is 0. The molecule has 3 aromatic rings. The summed E-state index contributed by atoms with van der Waals surface area (Å²) in [7, 11) is 1.84. The molecule has 0 fully saturated rings. The molecule has 23 heavy (non-hydrogen) atoms. The second-order valence-electron chi connectivity index (χ2n) is 5.50. The van der Waals surface area contributed by atoms with Crippen LogP contribution in [0.3, 0.4) is 0 Å². The Morgan fingerprint density at radius 3 is 2.57 bits per heavy atom. The fraction of sp³-hybridized carbons (Fsp3) is 0.100. The molecule has 3 rings (SSSR count). The zero-order chi connectivity index (χ0) is 16.4. The van der Waals surface area contributed by atoms with E-state index in [1.807, 2.05) is 61.0 Å². The van der Waals surface area contributed by atoms with Crippen LogP contribution in [0.5, 0.6) is 0 Å². The van der Waals surface area contributed by atoms with Crippen LogP contribution in [0.25, 0.3) is 16.8 Å². The molecule has 0 radical (unpaired) electrons. The Bertz CT molecular complexity index is 971. The average Bonchev–Trinajstić information content (AvgIpc) is 2.87. The summed E-state index contributed by atoms with van der Waals surface area (Å²) in [6.45, 7) is 1.93. The van der Waals surface area contributed by atoms with Crippen molar-refractivity contribution in [3.05, 3.63) is 77.1 Å². The Morgan fingerprint density at radius 1 is 1.13 bits per heavy atom. The maximum absolute atomic E-state index is 12.4. The Hall–Kier alpha value is -3.12. The predicted molar refractivity (Wildman–Crippen MR) is 92.2 cm³/mol. The van der Waals surface area contributed by atoms with Crippen LogP contribution in [0.2, 0.25) is 0 Å². The molecule has 2 aromatic carbocycles. The second kappa shape index (κ2) is 5.94. The van der Waals surface area contributed by atoms with Gasteiger partial charge in [-0.3, -0.25) is 4.79 Å². The summed E-state index contributed by atoms with van der Waals surface area (Å²) in [6, 6.07) is 17.6. The highest BCUT2D eigenvalue weighted by molar-refractivity contribution is 6.08. The Balaban J connectivity index is 1.90. The van der Waals surface area contributed by atoms with Gasteiger partial charge in [-0.1, -0.05) is 36.4 Å². The number of carbonyl (C=O) groups excluding carboxylic acids is 1. The van der Waals surface area contributed by atoms with Crippen molar-refractivity contribution >= 4 is 22.6 Å². The fourth-order valence-corrected chi connectivity index (χ4v) is 2.60. The number of ketones is 1. The number of nitrogens with zero attached hydrogens (tertiary/aromatic N) is 2. The third kappa shape index (κ3) is 2.79. The van der Waals surface area contributed by atoms with Crippen molar-refractivity contribution in [2.75, 3.05) is 0 Å². The van der Waals surface area contributed by atoms with Gasteiger partial charge in [0.1, 0.15) is 11.8 Å². The minimum Gasteiger partial charge on any atom is -0.339 e. The summed E-state index contributed by atoms with van der Waals surface area (Å²) in [6.07, 6.45) is 3.33. The molecule has 0 saturated carbocycles. The van der Waals surface area contributed by atoms with E-state index in [2.05, 4.69) is 6.07 Å². The molecule has 0 amide bonds. The molecule has 0 spiro atoms. The van der Waals surface area contributed by atoms with Gasteiger partial charge in [0.15, 0.2) is 5.78 Å². The SMILES string of the molecule is Cc1c(/C=C/C(=O)c2ccc3ccccc3c2)cc(C#N)n1C. The molecule has 3 heteroatoms. The van der Waals surface area contributed by atoms with Crippen LogP contribution in [0, 0.1) is 18.3 Å². The van der Waals surface area contributed by atoms with E-state index in [0.29, 0.717) is 11.3 Å². The van der Waals surface area contributed by atoms with Crippen molar-refractivity contribution in [1.82, 2.24) is 4.57 Å². The normalized spacial score (nSPS) is 11.0. The van der Waals surface area contributed by atoms with Gasteiger partial charge in [0.2, 0.25) is 0 Å². The van der Waals surface area contributed by atoms with Crippen LogP contribution in [-0.4, -0.2) is 10.4 Å². The summed E-state index contributed by atoms with van der Waals surface area (Å²) in [4.78, 5) is 12.4. The topological polar surface area (TPSA) is 45.8 Å². The number of carbonyl (C=O) groups is 1. The maximum Gasteiger partial charge on any atom is 0.185 e. The second-order valence-corrected chi connectivity index (χ2v) is 5.50. The smallest absolute Gasteiger partial charge is 0.185 e. The van der Waals surface area contributed by atoms with E-state index < -0.39 is 0 Å². The van der Waals surface area contributed by atoms with E-state index in [4.69, 9.17) is 5.26 Å². The fourth-order valence-electron chi connectivity index (χ4n) is 2.60. The van der Waals surface area contributed by atoms with Crippen LogP contribution in [0.4, 0.5) is 0 Å². The number of aromatic nitrogens is 1. The molecule has 1 heterocycles. The van der Waals surface area contributed by atoms with Gasteiger partial charge in [-0.2, -0.15) is 5.26 Å². The third-order valence-electron chi connectivity index (χ3n) is 4.14. The summed E-state index contributed by atoms with van der Waals surface area (Å²) in [5.41, 5.74) is 3.09. The Labute approximate surface area is 135 Å². The van der Waals surface area contributed by atoms with Crippen LogP contribution >= 0.6 is 0 Å². The summed E-state index contributed by atoms with van der Waals surface area (Å²) in [5.74, 6) is -0.0440. The Morgan fingerprint density at radius 2 is 1.87 bits per heavy atom. The van der Waals surface area contributed by atoms with Gasteiger partial charge >= 0.3 is 0 Å². The molecule has 1 aromatic heterocycles. The molecule has 3 nitrogen and oxygen atoms in total. The zero-order valence-corrected chi connectivity index (χ0v) is 13.1. The molecule has 0 bridgehead atoms. The number of rotatable bonds is 3. The molecule has 0 unspecified atom stereocenters. The molecule has 0 aliphatic heterocycles. The molecule has 0 atom stereocenters. The van der Waals surface area contributed by atoms with Gasteiger partial charge in [-0.05, 0) is 47.5 Å². The standard InChI is InChI=1S/C20H16N2O/c1-14-16(12-19(13-21)22(14)2)9-10-20(23)18-8-7-15-5-3-4-6-17(15)11-18/h3-12H,1-2H3/b10-9+. The maximum atomic E-state index is 12.4. The van der Waals surface area contributed by atoms with Gasteiger partial charge in [0.05, 0.1) is 0 Å². The van der Waals surface area contributed by atoms with Crippen molar-refractivity contribution < 1.29 is 4.79 Å². The summed E-state index contributed by atoms with van der Waals surface area (Å²) in [5, 5.41) is 11.2. The number of allylic oxidation sites excluding steroid dienone is 1. The zero-order valence-electron chi connectivity index (χ0n) is 13.1. The van der Waals surface area contributed by atoms with E-state index in [-0.39, 0.29) is 5.78 Å². The highest BCUT2D eigenvalue weighted by atomic mass is 16.1. The van der Waals surface area contributed by atoms with Crippen molar-refractivity contribution in [3.63, 3.8) is 0 Å². The third-order valence-corrected chi connectivity index (χ3v) is 4.14. The largest absolute Gasteiger partial charge is 0.339 e. The van der Waals surface area contributed by atoms with Crippen LogP contribution in [-0.2, 0) is 7.05 Å². The van der Waals surface area contributed by atoms with Crippen molar-refractivity contribution in [2.24, 2.45) is 7.05 Å². The highest BCUT2D eigenvalue weighted by Crippen LogP contribution is 2.18. The number of hydrogen-bond donors (Lipinski definition) is 0. The van der Waals surface area contributed by atoms with Gasteiger partial charge in [0.25, 0.3) is 0 Å². The van der Waals surface area contributed by atoms with Gasteiger partial charge in [0, 0.05) is 18.3 Å². The van der Waals surface area contributed by atoms with Crippen molar-refractivity contribution in [1.29, 1.82) is 5.26 Å². The first kappa shape index (κ1) is 14.8. The van der Waals surface area contributed by atoms with E-state index in [9.17, 15) is 4.79 Å². The van der Waals surface area contributed by atoms with Crippen LogP contribution < -0.4 is 0 Å². The lowest BCUT2D eigenvalue weighted by Crippen LogP contribution is -1.95. The first-order chi connectivity index (χ1) is 11.1. The minimum atomic E-state index is -0.0440. The van der Waals surface area contributed by atoms with E-state index in [1.165, 1.54) is 0 Å². The minimum absolute atomic E-state index is 0.0440. The Kier molecular flexibility index (Phi) is 3.82. The van der Waals surface area contributed by atoms with E-state index in [1.54, 1.807) is 18.2 Å². The summed E-state index contributed by atoms with van der Waals surface area (Å²) < 4.78 is 1.82. The van der Waals surface area contributed by atoms with E-state index in [0.717, 1.165) is 22.0 Å². The molecule has 112 valence electrons. The monoisotopic (exact) mass is 300 g/mol. The van der Waals surface area contributed by atoms with Crippen LogP contribution in [0.15, 0.2) is 54.6 Å². The van der Waals surface area contributed by atoms with Crippen LogP contribution in [0.1, 0.15) is 27.3 Å². The lowest BCUT2D eigenvalue weighted by atomic mass is 10.0. The predicted octanol–water partition coefficient (Wildman–Crippen LogP) is 4.25. The number of hydrogen-bond acceptors (Lipinski definition) is 2. The highest BCUT2D eigenvalue weighted by Gasteiger charge is 2.07.